The molecular weight excluding hydrogens is 268 g/mol. The summed E-state index contributed by atoms with van der Waals surface area (Å²) in [7, 11) is 0. The van der Waals surface area contributed by atoms with Crippen LogP contribution in [0.15, 0.2) is 52.8 Å². The van der Waals surface area contributed by atoms with Gasteiger partial charge in [0, 0.05) is 5.56 Å². The fraction of sp³-hybridized carbons (Fsp3) is 0.0833. The van der Waals surface area contributed by atoms with Crippen LogP contribution in [-0.4, -0.2) is 25.9 Å². The van der Waals surface area contributed by atoms with E-state index in [4.69, 9.17) is 22.0 Å². The van der Waals surface area contributed by atoms with Crippen molar-refractivity contribution in [3.8, 4) is 0 Å². The second kappa shape index (κ2) is 6.01. The summed E-state index contributed by atoms with van der Waals surface area (Å²) in [6, 6.07) is 12.1. The molecule has 6 nitrogen and oxygen atoms in total. The molecule has 0 unspecified atom stereocenters. The summed E-state index contributed by atoms with van der Waals surface area (Å²) in [6.07, 6.45) is 0. The normalized spacial score (nSPS) is 12.7. The Morgan fingerprint density at radius 2 is 1.89 bits per heavy atom. The predicted molar refractivity (Wildman–Crippen MR) is 69.4 cm³/mol. The Bertz CT molecular complexity index is 652. The van der Waals surface area contributed by atoms with E-state index in [0.717, 1.165) is 5.56 Å². The van der Waals surface area contributed by atoms with Gasteiger partial charge in [-0.05, 0) is 12.1 Å². The van der Waals surface area contributed by atoms with E-state index in [1.165, 1.54) is 16.8 Å². The van der Waals surface area contributed by atoms with Crippen molar-refractivity contribution >= 4 is 17.3 Å². The topological polar surface area (TPSA) is 83.0 Å². The van der Waals surface area contributed by atoms with E-state index in [1.807, 2.05) is 18.2 Å². The highest BCUT2D eigenvalue weighted by Crippen LogP contribution is 2.04. The summed E-state index contributed by atoms with van der Waals surface area (Å²) in [4.78, 5) is 0. The van der Waals surface area contributed by atoms with Gasteiger partial charge in [0.15, 0.2) is 5.49 Å². The van der Waals surface area contributed by atoms with Gasteiger partial charge in [-0.2, -0.15) is 5.10 Å². The molecule has 0 aliphatic carbocycles. The highest BCUT2D eigenvalue weighted by Gasteiger charge is 2.07. The Hall–Kier alpha value is -2.34. The molecule has 98 valence electrons. The summed E-state index contributed by atoms with van der Waals surface area (Å²) < 4.78 is 1.34. The quantitative estimate of drug-likeness (QED) is 0.509. The first kappa shape index (κ1) is 13.1. The molecule has 1 heterocycles. The average Bonchev–Trinajstić information content (AvgIpc) is 2.46. The second-order valence-electron chi connectivity index (χ2n) is 3.68. The summed E-state index contributed by atoms with van der Waals surface area (Å²) in [5, 5.41) is 28.6. The van der Waals surface area contributed by atoms with Gasteiger partial charge >= 0.3 is 0 Å². The van der Waals surface area contributed by atoms with Crippen LogP contribution in [0.4, 0.5) is 0 Å². The van der Waals surface area contributed by atoms with Crippen molar-refractivity contribution in [2.24, 2.45) is 10.3 Å². The van der Waals surface area contributed by atoms with Crippen LogP contribution in [0, 0.1) is 0 Å². The van der Waals surface area contributed by atoms with Gasteiger partial charge in [0.2, 0.25) is 0 Å². The Kier molecular flexibility index (Phi) is 4.15. The lowest BCUT2D eigenvalue weighted by atomic mass is 10.1. The smallest absolute Gasteiger partial charge is 0.188 e. The molecule has 0 amide bonds. The lowest BCUT2D eigenvalue weighted by Gasteiger charge is -2.07. The molecule has 0 aliphatic rings. The molecule has 0 saturated carbocycles. The fourth-order valence-electron chi connectivity index (χ4n) is 1.58. The van der Waals surface area contributed by atoms with Crippen molar-refractivity contribution in [2.75, 3.05) is 0 Å². The maximum atomic E-state index is 9.09. The SMILES string of the molecule is ON=C(Cn1nc(Cl)ccc1=NO)c1ccccc1. The van der Waals surface area contributed by atoms with Crippen molar-refractivity contribution in [2.45, 2.75) is 6.54 Å². The van der Waals surface area contributed by atoms with Crippen molar-refractivity contribution in [1.82, 2.24) is 9.78 Å². The zero-order valence-electron chi connectivity index (χ0n) is 9.81. The Morgan fingerprint density at radius 3 is 2.53 bits per heavy atom. The average molecular weight is 279 g/mol. The number of hydrogen-bond donors (Lipinski definition) is 2. The number of nitrogens with zero attached hydrogens (tertiary/aromatic N) is 4. The predicted octanol–water partition coefficient (Wildman–Crippen LogP) is 1.70. The van der Waals surface area contributed by atoms with Crippen molar-refractivity contribution in [3.63, 3.8) is 0 Å². The number of halogens is 1. The Balaban J connectivity index is 2.38. The minimum atomic E-state index is 0.125. The molecule has 0 radical (unpaired) electrons. The molecule has 7 heteroatoms. The first-order chi connectivity index (χ1) is 9.24. The highest BCUT2D eigenvalue weighted by atomic mass is 35.5. The van der Waals surface area contributed by atoms with Crippen LogP contribution in [0.25, 0.3) is 0 Å². The van der Waals surface area contributed by atoms with Crippen LogP contribution in [0.3, 0.4) is 0 Å². The molecule has 0 spiro atoms. The standard InChI is InChI=1S/C12H11ClN4O2/c13-11-6-7-12(16-19)17(14-11)8-10(15-18)9-4-2-1-3-5-9/h1-7,18-19H,8H2. The number of benzene rings is 1. The number of aromatic nitrogens is 2. The van der Waals surface area contributed by atoms with Gasteiger partial charge in [-0.1, -0.05) is 52.2 Å². The zero-order valence-corrected chi connectivity index (χ0v) is 10.6. The monoisotopic (exact) mass is 278 g/mol. The first-order valence-corrected chi connectivity index (χ1v) is 5.80. The van der Waals surface area contributed by atoms with Gasteiger partial charge in [-0.15, -0.1) is 0 Å². The van der Waals surface area contributed by atoms with E-state index in [-0.39, 0.29) is 17.2 Å². The van der Waals surface area contributed by atoms with E-state index in [0.29, 0.717) is 5.71 Å². The van der Waals surface area contributed by atoms with Gasteiger partial charge < -0.3 is 10.4 Å². The van der Waals surface area contributed by atoms with Gasteiger partial charge in [-0.3, -0.25) is 0 Å². The van der Waals surface area contributed by atoms with Gasteiger partial charge in [-0.25, -0.2) is 4.68 Å². The van der Waals surface area contributed by atoms with Crippen LogP contribution in [0.1, 0.15) is 5.56 Å². The molecule has 1 aromatic heterocycles. The molecule has 2 aromatic rings. The van der Waals surface area contributed by atoms with Crippen molar-refractivity contribution in [3.05, 3.63) is 58.7 Å². The van der Waals surface area contributed by atoms with E-state index < -0.39 is 0 Å². The lowest BCUT2D eigenvalue weighted by Crippen LogP contribution is -2.27. The third kappa shape index (κ3) is 3.11. The van der Waals surface area contributed by atoms with Gasteiger partial charge in [0.05, 0.1) is 6.54 Å². The summed E-state index contributed by atoms with van der Waals surface area (Å²) >= 11 is 5.79. The number of rotatable bonds is 3. The van der Waals surface area contributed by atoms with Crippen LogP contribution >= 0.6 is 11.6 Å². The fourth-order valence-corrected chi connectivity index (χ4v) is 1.74. The summed E-state index contributed by atoms with van der Waals surface area (Å²) in [5.74, 6) is 0. The van der Waals surface area contributed by atoms with E-state index >= 15 is 0 Å². The number of hydrogen-bond acceptors (Lipinski definition) is 5. The Morgan fingerprint density at radius 1 is 1.16 bits per heavy atom. The van der Waals surface area contributed by atoms with Gasteiger partial charge in [0.1, 0.15) is 10.9 Å². The molecule has 0 saturated heterocycles. The molecule has 0 atom stereocenters. The minimum absolute atomic E-state index is 0.125. The van der Waals surface area contributed by atoms with Gasteiger partial charge in [0.25, 0.3) is 0 Å². The first-order valence-electron chi connectivity index (χ1n) is 5.42. The second-order valence-corrected chi connectivity index (χ2v) is 4.07. The largest absolute Gasteiger partial charge is 0.411 e. The van der Waals surface area contributed by atoms with Crippen LogP contribution in [-0.2, 0) is 6.54 Å². The third-order valence-electron chi connectivity index (χ3n) is 2.48. The minimum Gasteiger partial charge on any atom is -0.411 e. The van der Waals surface area contributed by atoms with Crippen LogP contribution < -0.4 is 5.49 Å². The van der Waals surface area contributed by atoms with E-state index in [1.54, 1.807) is 12.1 Å². The molecule has 0 bridgehead atoms. The zero-order chi connectivity index (χ0) is 13.7. The molecule has 0 aliphatic heterocycles. The van der Waals surface area contributed by atoms with E-state index in [2.05, 4.69) is 15.4 Å². The highest BCUT2D eigenvalue weighted by molar-refractivity contribution is 6.29. The number of oxime groups is 1. The lowest BCUT2D eigenvalue weighted by molar-refractivity contribution is 0.290. The molecule has 1 aromatic carbocycles. The molecule has 19 heavy (non-hydrogen) atoms. The van der Waals surface area contributed by atoms with Crippen molar-refractivity contribution < 1.29 is 10.4 Å². The maximum Gasteiger partial charge on any atom is 0.188 e. The Labute approximate surface area is 113 Å². The summed E-state index contributed by atoms with van der Waals surface area (Å²) in [5.41, 5.74) is 1.33. The molecular formula is C12H11ClN4O2. The summed E-state index contributed by atoms with van der Waals surface area (Å²) in [6.45, 7) is 0.125. The van der Waals surface area contributed by atoms with Crippen LogP contribution in [0.5, 0.6) is 0 Å². The molecule has 2 rings (SSSR count). The molecule has 0 fully saturated rings. The third-order valence-corrected chi connectivity index (χ3v) is 2.68. The van der Waals surface area contributed by atoms with Crippen LogP contribution in [0.2, 0.25) is 5.15 Å². The molecule has 2 N–H and O–H groups in total. The maximum absolute atomic E-state index is 9.09. The van der Waals surface area contributed by atoms with E-state index in [9.17, 15) is 0 Å². The van der Waals surface area contributed by atoms with Crippen molar-refractivity contribution in [1.29, 1.82) is 0 Å².